The van der Waals surface area contributed by atoms with Gasteiger partial charge in [0, 0.05) is 32.4 Å². The predicted molar refractivity (Wildman–Crippen MR) is 64.4 cm³/mol. The highest BCUT2D eigenvalue weighted by Crippen LogP contribution is 2.04. The summed E-state index contributed by atoms with van der Waals surface area (Å²) in [6.45, 7) is 0.743. The predicted octanol–water partition coefficient (Wildman–Crippen LogP) is 0.411. The summed E-state index contributed by atoms with van der Waals surface area (Å²) in [7, 11) is 1.66. The lowest BCUT2D eigenvalue weighted by molar-refractivity contribution is 0.840. The molecule has 0 atom stereocenters. The number of nitrogens with zero attached hydrogens (tertiary/aromatic N) is 3. The van der Waals surface area contributed by atoms with E-state index in [0.29, 0.717) is 5.96 Å². The largest absolute Gasteiger partial charge is 0.370 e. The van der Waals surface area contributed by atoms with E-state index in [1.807, 2.05) is 35.0 Å². The topological polar surface area (TPSA) is 67.7 Å². The first kappa shape index (κ1) is 10.5. The summed E-state index contributed by atoms with van der Waals surface area (Å²) in [4.78, 5) is 8.30. The Bertz CT molecular complexity index is 467. The van der Waals surface area contributed by atoms with Crippen molar-refractivity contribution in [1.29, 1.82) is 0 Å². The molecule has 0 saturated carbocycles. The summed E-state index contributed by atoms with van der Waals surface area (Å²) in [6, 6.07) is 5.95. The highest BCUT2D eigenvalue weighted by Gasteiger charge is 2.00. The van der Waals surface area contributed by atoms with E-state index in [2.05, 4.69) is 15.3 Å². The maximum absolute atomic E-state index is 5.53. The molecule has 0 spiro atoms. The van der Waals surface area contributed by atoms with Gasteiger partial charge in [-0.15, -0.1) is 0 Å². The molecule has 0 aliphatic rings. The fraction of sp³-hybridized carbons (Fsp3) is 0.273. The molecule has 0 saturated heterocycles. The van der Waals surface area contributed by atoms with Crippen LogP contribution in [0.5, 0.6) is 0 Å². The van der Waals surface area contributed by atoms with E-state index in [4.69, 9.17) is 5.73 Å². The Morgan fingerprint density at radius 2 is 2.44 bits per heavy atom. The molecule has 0 unspecified atom stereocenters. The number of hydrogen-bond acceptors (Lipinski definition) is 2. The summed E-state index contributed by atoms with van der Waals surface area (Å²) in [6.07, 6.45) is 4.84. The van der Waals surface area contributed by atoms with Crippen molar-refractivity contribution in [2.24, 2.45) is 10.7 Å². The Labute approximate surface area is 94.0 Å². The van der Waals surface area contributed by atoms with E-state index >= 15 is 0 Å². The van der Waals surface area contributed by atoms with Crippen LogP contribution < -0.4 is 11.1 Å². The Morgan fingerprint density at radius 3 is 3.19 bits per heavy atom. The van der Waals surface area contributed by atoms with Crippen molar-refractivity contribution in [3.05, 3.63) is 36.3 Å². The van der Waals surface area contributed by atoms with E-state index in [1.54, 1.807) is 7.05 Å². The first-order valence-electron chi connectivity index (χ1n) is 5.18. The number of aliphatic imine (C=N–C) groups is 1. The Balaban J connectivity index is 1.99. The van der Waals surface area contributed by atoms with Gasteiger partial charge in [-0.3, -0.25) is 4.99 Å². The van der Waals surface area contributed by atoms with Crippen molar-refractivity contribution in [1.82, 2.24) is 14.7 Å². The first-order chi connectivity index (χ1) is 7.79. The lowest BCUT2D eigenvalue weighted by Gasteiger charge is -2.01. The van der Waals surface area contributed by atoms with Crippen molar-refractivity contribution in [3.63, 3.8) is 0 Å². The van der Waals surface area contributed by atoms with Crippen LogP contribution in [0.25, 0.3) is 5.65 Å². The van der Waals surface area contributed by atoms with Gasteiger partial charge in [-0.2, -0.15) is 0 Å². The standard InChI is InChI=1S/C11H15N5/c1-13-11(12)14-6-5-9-8-16-7-3-2-4-10(16)15-9/h2-4,7-8H,5-6H2,1H3,(H3,12,13,14). The normalized spacial score (nSPS) is 11.9. The molecule has 0 amide bonds. The van der Waals surface area contributed by atoms with E-state index < -0.39 is 0 Å². The number of hydrogen-bond donors (Lipinski definition) is 2. The smallest absolute Gasteiger partial charge is 0.188 e. The molecule has 0 radical (unpaired) electrons. The van der Waals surface area contributed by atoms with E-state index in [0.717, 1.165) is 24.3 Å². The fourth-order valence-electron chi connectivity index (χ4n) is 1.51. The molecule has 0 fully saturated rings. The first-order valence-corrected chi connectivity index (χ1v) is 5.18. The van der Waals surface area contributed by atoms with Crippen LogP contribution in [0.2, 0.25) is 0 Å². The van der Waals surface area contributed by atoms with E-state index in [-0.39, 0.29) is 0 Å². The molecule has 5 nitrogen and oxygen atoms in total. The van der Waals surface area contributed by atoms with Gasteiger partial charge in [0.2, 0.25) is 0 Å². The summed E-state index contributed by atoms with van der Waals surface area (Å²) in [5.74, 6) is 0.462. The third kappa shape index (κ3) is 2.31. The van der Waals surface area contributed by atoms with Gasteiger partial charge in [0.25, 0.3) is 0 Å². The highest BCUT2D eigenvalue weighted by atomic mass is 15.1. The average molecular weight is 217 g/mol. The number of fused-ring (bicyclic) bond motifs is 1. The second kappa shape index (κ2) is 4.65. The monoisotopic (exact) mass is 217 g/mol. The van der Waals surface area contributed by atoms with Gasteiger partial charge >= 0.3 is 0 Å². The Hall–Kier alpha value is -2.04. The van der Waals surface area contributed by atoms with Crippen molar-refractivity contribution >= 4 is 11.6 Å². The number of nitrogens with one attached hydrogen (secondary N) is 1. The van der Waals surface area contributed by atoms with Crippen LogP contribution in [0.4, 0.5) is 0 Å². The molecule has 2 rings (SSSR count). The molecule has 0 aliphatic heterocycles. The molecule has 0 aromatic carbocycles. The van der Waals surface area contributed by atoms with Crippen molar-refractivity contribution in [2.75, 3.05) is 13.6 Å². The van der Waals surface area contributed by atoms with Crippen molar-refractivity contribution < 1.29 is 0 Å². The highest BCUT2D eigenvalue weighted by molar-refractivity contribution is 5.77. The minimum Gasteiger partial charge on any atom is -0.370 e. The lowest BCUT2D eigenvalue weighted by Crippen LogP contribution is -2.32. The quantitative estimate of drug-likeness (QED) is 0.578. The molecule has 2 heterocycles. The zero-order chi connectivity index (χ0) is 11.4. The lowest BCUT2D eigenvalue weighted by atomic mass is 10.3. The number of pyridine rings is 1. The molecular formula is C11H15N5. The molecule has 84 valence electrons. The molecular weight excluding hydrogens is 202 g/mol. The van der Waals surface area contributed by atoms with Crippen molar-refractivity contribution in [3.8, 4) is 0 Å². The molecule has 2 aromatic heterocycles. The summed E-state index contributed by atoms with van der Waals surface area (Å²) < 4.78 is 2.01. The van der Waals surface area contributed by atoms with Crippen LogP contribution in [0.3, 0.4) is 0 Å². The number of nitrogens with two attached hydrogens (primary N) is 1. The summed E-state index contributed by atoms with van der Waals surface area (Å²) in [5, 5.41) is 3.00. The zero-order valence-electron chi connectivity index (χ0n) is 9.22. The number of aromatic nitrogens is 2. The van der Waals surface area contributed by atoms with Gasteiger partial charge in [0.15, 0.2) is 5.96 Å². The SMILES string of the molecule is CN=C(N)NCCc1cn2ccccc2n1. The van der Waals surface area contributed by atoms with Gasteiger partial charge in [-0.1, -0.05) is 6.07 Å². The third-order valence-electron chi connectivity index (χ3n) is 2.34. The maximum atomic E-state index is 5.53. The van der Waals surface area contributed by atoms with Gasteiger partial charge < -0.3 is 15.5 Å². The van der Waals surface area contributed by atoms with Crippen LogP contribution in [0.15, 0.2) is 35.6 Å². The third-order valence-corrected chi connectivity index (χ3v) is 2.34. The second-order valence-electron chi connectivity index (χ2n) is 3.48. The van der Waals surface area contributed by atoms with Gasteiger partial charge in [-0.25, -0.2) is 4.98 Å². The number of rotatable bonds is 3. The zero-order valence-corrected chi connectivity index (χ0v) is 9.22. The van der Waals surface area contributed by atoms with E-state index in [1.165, 1.54) is 0 Å². The molecule has 0 aliphatic carbocycles. The Morgan fingerprint density at radius 1 is 1.56 bits per heavy atom. The van der Waals surface area contributed by atoms with Gasteiger partial charge in [-0.05, 0) is 12.1 Å². The second-order valence-corrected chi connectivity index (χ2v) is 3.48. The molecule has 2 aromatic rings. The molecule has 5 heteroatoms. The van der Waals surface area contributed by atoms with Crippen LogP contribution in [-0.4, -0.2) is 28.9 Å². The minimum atomic E-state index is 0.462. The van der Waals surface area contributed by atoms with Crippen LogP contribution in [-0.2, 0) is 6.42 Å². The fourth-order valence-corrected chi connectivity index (χ4v) is 1.51. The van der Waals surface area contributed by atoms with Gasteiger partial charge in [0.05, 0.1) is 5.69 Å². The van der Waals surface area contributed by atoms with Crippen LogP contribution in [0.1, 0.15) is 5.69 Å². The number of guanidine groups is 1. The molecule has 0 bridgehead atoms. The summed E-state index contributed by atoms with van der Waals surface area (Å²) in [5.41, 5.74) is 7.54. The molecule has 3 N–H and O–H groups in total. The van der Waals surface area contributed by atoms with Crippen molar-refractivity contribution in [2.45, 2.75) is 6.42 Å². The Kier molecular flexibility index (Phi) is 3.05. The van der Waals surface area contributed by atoms with Crippen LogP contribution >= 0.6 is 0 Å². The minimum absolute atomic E-state index is 0.462. The molecule has 16 heavy (non-hydrogen) atoms. The number of imidazole rings is 1. The van der Waals surface area contributed by atoms with Crippen LogP contribution in [0, 0.1) is 0 Å². The maximum Gasteiger partial charge on any atom is 0.188 e. The van der Waals surface area contributed by atoms with Gasteiger partial charge in [0.1, 0.15) is 5.65 Å². The average Bonchev–Trinajstić information content (AvgIpc) is 2.71. The van der Waals surface area contributed by atoms with E-state index in [9.17, 15) is 0 Å². The summed E-state index contributed by atoms with van der Waals surface area (Å²) >= 11 is 0.